The van der Waals surface area contributed by atoms with Crippen LogP contribution in [-0.2, 0) is 4.79 Å². The van der Waals surface area contributed by atoms with E-state index in [0.717, 1.165) is 25.2 Å². The smallest absolute Gasteiger partial charge is 0.135 e. The number of ketones is 1. The van der Waals surface area contributed by atoms with Gasteiger partial charge >= 0.3 is 0 Å². The first kappa shape index (κ1) is 17.7. The molecule has 0 aliphatic carbocycles. The summed E-state index contributed by atoms with van der Waals surface area (Å²) in [5, 5.41) is 3.42. The fourth-order valence-electron chi connectivity index (χ4n) is 3.19. The van der Waals surface area contributed by atoms with Crippen molar-refractivity contribution in [3.8, 4) is 0 Å². The van der Waals surface area contributed by atoms with Gasteiger partial charge in [0.25, 0.3) is 0 Å². The zero-order valence-corrected chi connectivity index (χ0v) is 13.8. The van der Waals surface area contributed by atoms with Crippen LogP contribution < -0.4 is 5.32 Å². The van der Waals surface area contributed by atoms with Gasteiger partial charge in [0.15, 0.2) is 0 Å². The summed E-state index contributed by atoms with van der Waals surface area (Å²) in [5.74, 6) is 1.74. The van der Waals surface area contributed by atoms with E-state index in [1.807, 2.05) is 0 Å². The molecule has 20 heavy (non-hydrogen) atoms. The molecule has 1 fully saturated rings. The molecule has 0 saturated carbocycles. The van der Waals surface area contributed by atoms with Crippen LogP contribution in [0.3, 0.4) is 0 Å². The van der Waals surface area contributed by atoms with Crippen molar-refractivity contribution in [2.75, 3.05) is 13.1 Å². The second-order valence-electron chi connectivity index (χ2n) is 6.66. The Labute approximate surface area is 126 Å². The van der Waals surface area contributed by atoms with E-state index in [4.69, 9.17) is 0 Å². The van der Waals surface area contributed by atoms with E-state index >= 15 is 0 Å². The second kappa shape index (κ2) is 11.3. The second-order valence-corrected chi connectivity index (χ2v) is 6.66. The van der Waals surface area contributed by atoms with Crippen molar-refractivity contribution in [1.29, 1.82) is 0 Å². The van der Waals surface area contributed by atoms with Crippen LogP contribution in [0.2, 0.25) is 0 Å². The Balaban J connectivity index is 1.98. The Morgan fingerprint density at radius 1 is 1.10 bits per heavy atom. The Hall–Kier alpha value is -0.370. The summed E-state index contributed by atoms with van der Waals surface area (Å²) in [5.41, 5.74) is 0. The van der Waals surface area contributed by atoms with E-state index in [9.17, 15) is 4.79 Å². The molecule has 0 aromatic carbocycles. The van der Waals surface area contributed by atoms with Gasteiger partial charge in [0.2, 0.25) is 0 Å². The van der Waals surface area contributed by atoms with Gasteiger partial charge in [0.05, 0.1) is 0 Å². The first-order chi connectivity index (χ1) is 9.74. The van der Waals surface area contributed by atoms with Crippen LogP contribution in [0.5, 0.6) is 0 Å². The van der Waals surface area contributed by atoms with Crippen molar-refractivity contribution in [2.45, 2.75) is 84.5 Å². The molecule has 1 heterocycles. The standard InChI is InChI=1S/C18H35NO/c1-3-4-5-6-11-18(20)16(2)9-7-8-10-17-12-14-19-15-13-17/h16-17,19H,3-15H2,1-2H3. The molecule has 1 saturated heterocycles. The third-order valence-electron chi connectivity index (χ3n) is 4.78. The highest BCUT2D eigenvalue weighted by Crippen LogP contribution is 2.21. The van der Waals surface area contributed by atoms with E-state index in [1.165, 1.54) is 64.5 Å². The molecule has 0 aromatic heterocycles. The van der Waals surface area contributed by atoms with Crippen molar-refractivity contribution in [2.24, 2.45) is 11.8 Å². The number of carbonyl (C=O) groups is 1. The molecule has 0 spiro atoms. The van der Waals surface area contributed by atoms with Gasteiger partial charge in [-0.3, -0.25) is 4.79 Å². The first-order valence-electron chi connectivity index (χ1n) is 8.97. The van der Waals surface area contributed by atoms with Crippen LogP contribution in [0.15, 0.2) is 0 Å². The highest BCUT2D eigenvalue weighted by molar-refractivity contribution is 5.80. The number of hydrogen-bond acceptors (Lipinski definition) is 2. The number of unbranched alkanes of at least 4 members (excludes halogenated alkanes) is 4. The molecule has 0 radical (unpaired) electrons. The third-order valence-corrected chi connectivity index (χ3v) is 4.78. The summed E-state index contributed by atoms with van der Waals surface area (Å²) in [7, 11) is 0. The summed E-state index contributed by atoms with van der Waals surface area (Å²) in [6, 6.07) is 0. The molecule has 1 rings (SSSR count). The molecule has 0 aromatic rings. The lowest BCUT2D eigenvalue weighted by Gasteiger charge is -2.22. The van der Waals surface area contributed by atoms with Crippen molar-refractivity contribution in [3.05, 3.63) is 0 Å². The van der Waals surface area contributed by atoms with Gasteiger partial charge in [0, 0.05) is 12.3 Å². The van der Waals surface area contributed by atoms with E-state index in [-0.39, 0.29) is 0 Å². The fourth-order valence-corrected chi connectivity index (χ4v) is 3.19. The van der Waals surface area contributed by atoms with Crippen LogP contribution in [0, 0.1) is 11.8 Å². The summed E-state index contributed by atoms with van der Waals surface area (Å²) in [6.45, 7) is 6.76. The largest absolute Gasteiger partial charge is 0.317 e. The number of nitrogens with one attached hydrogen (secondary N) is 1. The van der Waals surface area contributed by atoms with Crippen molar-refractivity contribution in [3.63, 3.8) is 0 Å². The van der Waals surface area contributed by atoms with Crippen LogP contribution in [-0.4, -0.2) is 18.9 Å². The van der Waals surface area contributed by atoms with E-state index in [1.54, 1.807) is 0 Å². The Morgan fingerprint density at radius 2 is 1.85 bits per heavy atom. The van der Waals surface area contributed by atoms with Crippen LogP contribution >= 0.6 is 0 Å². The molecule has 2 heteroatoms. The van der Waals surface area contributed by atoms with Crippen LogP contribution in [0.25, 0.3) is 0 Å². The minimum Gasteiger partial charge on any atom is -0.317 e. The van der Waals surface area contributed by atoms with Gasteiger partial charge in [-0.1, -0.05) is 52.4 Å². The van der Waals surface area contributed by atoms with Crippen LogP contribution in [0.4, 0.5) is 0 Å². The SMILES string of the molecule is CCCCCCC(=O)C(C)CCCCC1CCNCC1. The summed E-state index contributed by atoms with van der Waals surface area (Å²) < 4.78 is 0. The average molecular weight is 281 g/mol. The molecule has 2 nitrogen and oxygen atoms in total. The van der Waals surface area contributed by atoms with E-state index in [2.05, 4.69) is 19.2 Å². The maximum absolute atomic E-state index is 12.0. The quantitative estimate of drug-likeness (QED) is 0.555. The predicted molar refractivity (Wildman–Crippen MR) is 87.0 cm³/mol. The zero-order valence-electron chi connectivity index (χ0n) is 13.8. The lowest BCUT2D eigenvalue weighted by Crippen LogP contribution is -2.27. The minimum atomic E-state index is 0.296. The van der Waals surface area contributed by atoms with Crippen molar-refractivity contribution in [1.82, 2.24) is 5.32 Å². The molecule has 118 valence electrons. The highest BCUT2D eigenvalue weighted by Gasteiger charge is 2.14. The molecule has 1 aliphatic heterocycles. The van der Waals surface area contributed by atoms with Crippen molar-refractivity contribution < 1.29 is 4.79 Å². The first-order valence-corrected chi connectivity index (χ1v) is 8.97. The van der Waals surface area contributed by atoms with Gasteiger partial charge < -0.3 is 5.32 Å². The predicted octanol–water partition coefficient (Wildman–Crippen LogP) is 4.72. The number of piperidine rings is 1. The molecule has 1 N–H and O–H groups in total. The van der Waals surface area contributed by atoms with E-state index in [0.29, 0.717) is 11.7 Å². The van der Waals surface area contributed by atoms with Gasteiger partial charge in [-0.05, 0) is 44.7 Å². The summed E-state index contributed by atoms with van der Waals surface area (Å²) in [6.07, 6.45) is 13.4. The molecule has 1 unspecified atom stereocenters. The fraction of sp³-hybridized carbons (Fsp3) is 0.944. The summed E-state index contributed by atoms with van der Waals surface area (Å²) >= 11 is 0. The monoisotopic (exact) mass is 281 g/mol. The molecule has 0 amide bonds. The minimum absolute atomic E-state index is 0.296. The van der Waals surface area contributed by atoms with E-state index < -0.39 is 0 Å². The lowest BCUT2D eigenvalue weighted by atomic mass is 9.90. The summed E-state index contributed by atoms with van der Waals surface area (Å²) in [4.78, 5) is 12.0. The molecular formula is C18H35NO. The van der Waals surface area contributed by atoms with Crippen molar-refractivity contribution >= 4 is 5.78 Å². The molecular weight excluding hydrogens is 246 g/mol. The number of carbonyl (C=O) groups excluding carboxylic acids is 1. The highest BCUT2D eigenvalue weighted by atomic mass is 16.1. The Morgan fingerprint density at radius 3 is 2.55 bits per heavy atom. The Kier molecular flexibility index (Phi) is 10.00. The molecule has 0 bridgehead atoms. The number of Topliss-reactive ketones (excluding diaryl/α,β-unsaturated/α-hetero) is 1. The van der Waals surface area contributed by atoms with Gasteiger partial charge in [-0.2, -0.15) is 0 Å². The maximum atomic E-state index is 12.0. The lowest BCUT2D eigenvalue weighted by molar-refractivity contribution is -0.122. The average Bonchev–Trinajstić information content (AvgIpc) is 2.48. The zero-order chi connectivity index (χ0) is 14.6. The Bertz CT molecular complexity index is 246. The molecule has 1 atom stereocenters. The normalized spacial score (nSPS) is 18.1. The van der Waals surface area contributed by atoms with Gasteiger partial charge in [0.1, 0.15) is 5.78 Å². The topological polar surface area (TPSA) is 29.1 Å². The third kappa shape index (κ3) is 8.04. The number of hydrogen-bond donors (Lipinski definition) is 1. The van der Waals surface area contributed by atoms with Gasteiger partial charge in [-0.15, -0.1) is 0 Å². The van der Waals surface area contributed by atoms with Crippen LogP contribution in [0.1, 0.15) is 84.5 Å². The maximum Gasteiger partial charge on any atom is 0.135 e. The number of rotatable bonds is 11. The molecule has 1 aliphatic rings. The van der Waals surface area contributed by atoms with Gasteiger partial charge in [-0.25, -0.2) is 0 Å².